The summed E-state index contributed by atoms with van der Waals surface area (Å²) in [5, 5.41) is 8.88. The second-order valence-electron chi connectivity index (χ2n) is 5.87. The second kappa shape index (κ2) is 7.70. The van der Waals surface area contributed by atoms with E-state index in [4.69, 9.17) is 14.7 Å². The molecule has 1 aliphatic heterocycles. The lowest BCUT2D eigenvalue weighted by Crippen LogP contribution is -2.35. The Morgan fingerprint density at radius 3 is 2.41 bits per heavy atom. The standard InChI is InChI=1S/C20H16N2O5/c1-13(27-15-6-4-5-14(11-15)12-21)20(25)26-10-9-22-18(23)16-7-2-3-8-17(16)19(22)24/h2-8,11,13H,9-10H2,1H3. The molecule has 0 aromatic heterocycles. The summed E-state index contributed by atoms with van der Waals surface area (Å²) in [5.74, 6) is -1.05. The van der Waals surface area contributed by atoms with Gasteiger partial charge in [0.25, 0.3) is 11.8 Å². The van der Waals surface area contributed by atoms with Crippen LogP contribution in [0.15, 0.2) is 48.5 Å². The highest BCUT2D eigenvalue weighted by molar-refractivity contribution is 6.21. The largest absolute Gasteiger partial charge is 0.479 e. The van der Waals surface area contributed by atoms with Crippen molar-refractivity contribution in [1.29, 1.82) is 5.26 Å². The zero-order chi connectivity index (χ0) is 19.4. The number of ether oxygens (including phenoxy) is 2. The molecule has 1 atom stereocenters. The maximum atomic E-state index is 12.2. The number of fused-ring (bicyclic) bond motifs is 1. The summed E-state index contributed by atoms with van der Waals surface area (Å²) in [6, 6.07) is 15.0. The average Bonchev–Trinajstić information content (AvgIpc) is 2.93. The van der Waals surface area contributed by atoms with Crippen molar-refractivity contribution in [1.82, 2.24) is 4.90 Å². The minimum absolute atomic E-state index is 0.0330. The van der Waals surface area contributed by atoms with Crippen LogP contribution in [-0.4, -0.2) is 41.9 Å². The Bertz CT molecular complexity index is 912. The number of amides is 2. The number of nitrogens with zero attached hydrogens (tertiary/aromatic N) is 2. The highest BCUT2D eigenvalue weighted by atomic mass is 16.6. The molecule has 7 heteroatoms. The molecule has 0 saturated heterocycles. The van der Waals surface area contributed by atoms with Gasteiger partial charge in [0.2, 0.25) is 0 Å². The van der Waals surface area contributed by atoms with Crippen LogP contribution in [0, 0.1) is 11.3 Å². The summed E-state index contributed by atoms with van der Waals surface area (Å²) in [6.07, 6.45) is -0.902. The molecule has 7 nitrogen and oxygen atoms in total. The number of carbonyl (C=O) groups is 3. The summed E-state index contributed by atoms with van der Waals surface area (Å²) in [6.45, 7) is 1.36. The monoisotopic (exact) mass is 364 g/mol. The van der Waals surface area contributed by atoms with Crippen LogP contribution in [0.1, 0.15) is 33.2 Å². The molecule has 2 aromatic rings. The molecular weight excluding hydrogens is 348 g/mol. The van der Waals surface area contributed by atoms with Gasteiger partial charge >= 0.3 is 5.97 Å². The summed E-state index contributed by atoms with van der Waals surface area (Å²) in [7, 11) is 0. The molecule has 0 fully saturated rings. The fourth-order valence-corrected chi connectivity index (χ4v) is 2.69. The zero-order valence-corrected chi connectivity index (χ0v) is 14.5. The van der Waals surface area contributed by atoms with Crippen molar-refractivity contribution in [3.8, 4) is 11.8 Å². The average molecular weight is 364 g/mol. The number of imide groups is 1. The maximum absolute atomic E-state index is 12.2. The lowest BCUT2D eigenvalue weighted by Gasteiger charge is -2.16. The molecule has 0 aliphatic carbocycles. The van der Waals surface area contributed by atoms with Gasteiger partial charge in [-0.25, -0.2) is 4.79 Å². The van der Waals surface area contributed by atoms with Crippen LogP contribution in [-0.2, 0) is 9.53 Å². The van der Waals surface area contributed by atoms with Crippen LogP contribution in [0.3, 0.4) is 0 Å². The lowest BCUT2D eigenvalue weighted by atomic mass is 10.1. The van der Waals surface area contributed by atoms with Gasteiger partial charge < -0.3 is 9.47 Å². The Balaban J connectivity index is 1.52. The van der Waals surface area contributed by atoms with E-state index < -0.39 is 23.9 Å². The molecular formula is C20H16N2O5. The quantitative estimate of drug-likeness (QED) is 0.576. The smallest absolute Gasteiger partial charge is 0.347 e. The molecule has 1 unspecified atom stereocenters. The molecule has 0 saturated carbocycles. The summed E-state index contributed by atoms with van der Waals surface area (Å²) in [4.78, 5) is 37.6. The third-order valence-electron chi connectivity index (χ3n) is 4.05. The fraction of sp³-hybridized carbons (Fsp3) is 0.200. The molecule has 0 bridgehead atoms. The first-order chi connectivity index (χ1) is 13.0. The van der Waals surface area contributed by atoms with Gasteiger partial charge in [0, 0.05) is 0 Å². The first-order valence-electron chi connectivity index (χ1n) is 8.30. The predicted octanol–water partition coefficient (Wildman–Crippen LogP) is 2.16. The number of benzene rings is 2. The van der Waals surface area contributed by atoms with E-state index >= 15 is 0 Å². The van der Waals surface area contributed by atoms with E-state index in [1.807, 2.05) is 6.07 Å². The van der Waals surface area contributed by atoms with Crippen molar-refractivity contribution in [2.24, 2.45) is 0 Å². The van der Waals surface area contributed by atoms with Crippen molar-refractivity contribution < 1.29 is 23.9 Å². The normalized spacial score (nSPS) is 13.7. The van der Waals surface area contributed by atoms with Gasteiger partial charge in [-0.3, -0.25) is 14.5 Å². The summed E-state index contributed by atoms with van der Waals surface area (Å²) >= 11 is 0. The highest BCUT2D eigenvalue weighted by Crippen LogP contribution is 2.22. The molecule has 1 heterocycles. The van der Waals surface area contributed by atoms with Gasteiger partial charge in [0.15, 0.2) is 6.10 Å². The van der Waals surface area contributed by atoms with Gasteiger partial charge in [0.05, 0.1) is 29.3 Å². The van der Waals surface area contributed by atoms with Gasteiger partial charge in [0.1, 0.15) is 12.4 Å². The molecule has 0 N–H and O–H groups in total. The second-order valence-corrected chi connectivity index (χ2v) is 5.87. The van der Waals surface area contributed by atoms with E-state index in [-0.39, 0.29) is 13.2 Å². The Hall–Kier alpha value is -3.66. The van der Waals surface area contributed by atoms with Crippen molar-refractivity contribution in [2.75, 3.05) is 13.2 Å². The minimum Gasteiger partial charge on any atom is -0.479 e. The molecule has 0 spiro atoms. The number of esters is 1. The van der Waals surface area contributed by atoms with Crippen molar-refractivity contribution in [3.05, 3.63) is 65.2 Å². The Labute approximate surface area is 155 Å². The van der Waals surface area contributed by atoms with Gasteiger partial charge in [-0.2, -0.15) is 5.26 Å². The van der Waals surface area contributed by atoms with E-state index in [0.717, 1.165) is 4.90 Å². The Morgan fingerprint density at radius 2 is 1.78 bits per heavy atom. The molecule has 2 aromatic carbocycles. The van der Waals surface area contributed by atoms with E-state index in [1.54, 1.807) is 42.5 Å². The number of hydrogen-bond acceptors (Lipinski definition) is 6. The number of rotatable bonds is 6. The molecule has 1 aliphatic rings. The van der Waals surface area contributed by atoms with Crippen LogP contribution in [0.4, 0.5) is 0 Å². The fourth-order valence-electron chi connectivity index (χ4n) is 2.69. The maximum Gasteiger partial charge on any atom is 0.347 e. The zero-order valence-electron chi connectivity index (χ0n) is 14.5. The third kappa shape index (κ3) is 3.80. The first kappa shape index (κ1) is 18.1. The molecule has 3 rings (SSSR count). The van der Waals surface area contributed by atoms with E-state index in [2.05, 4.69) is 0 Å². The predicted molar refractivity (Wildman–Crippen MR) is 94.0 cm³/mol. The van der Waals surface area contributed by atoms with Gasteiger partial charge in [-0.1, -0.05) is 18.2 Å². The molecule has 136 valence electrons. The molecule has 27 heavy (non-hydrogen) atoms. The third-order valence-corrected chi connectivity index (χ3v) is 4.05. The van der Waals surface area contributed by atoms with Crippen molar-refractivity contribution in [3.63, 3.8) is 0 Å². The van der Waals surface area contributed by atoms with Crippen molar-refractivity contribution >= 4 is 17.8 Å². The SMILES string of the molecule is CC(Oc1cccc(C#N)c1)C(=O)OCCN1C(=O)c2ccccc2C1=O. The van der Waals surface area contributed by atoms with Crippen LogP contribution < -0.4 is 4.74 Å². The van der Waals surface area contributed by atoms with Gasteiger partial charge in [-0.05, 0) is 37.3 Å². The molecule has 0 radical (unpaired) electrons. The number of carbonyl (C=O) groups excluding carboxylic acids is 3. The summed E-state index contributed by atoms with van der Waals surface area (Å²) < 4.78 is 10.6. The Kier molecular flexibility index (Phi) is 5.18. The van der Waals surface area contributed by atoms with Gasteiger partial charge in [-0.15, -0.1) is 0 Å². The Morgan fingerprint density at radius 1 is 1.11 bits per heavy atom. The van der Waals surface area contributed by atoms with E-state index in [0.29, 0.717) is 22.4 Å². The van der Waals surface area contributed by atoms with E-state index in [1.165, 1.54) is 13.0 Å². The lowest BCUT2D eigenvalue weighted by molar-refractivity contribution is -0.151. The topological polar surface area (TPSA) is 96.7 Å². The van der Waals surface area contributed by atoms with Crippen LogP contribution in [0.2, 0.25) is 0 Å². The minimum atomic E-state index is -0.902. The van der Waals surface area contributed by atoms with E-state index in [9.17, 15) is 14.4 Å². The van der Waals surface area contributed by atoms with Crippen LogP contribution in [0.25, 0.3) is 0 Å². The number of hydrogen-bond donors (Lipinski definition) is 0. The van der Waals surface area contributed by atoms with Crippen LogP contribution >= 0.6 is 0 Å². The molecule has 2 amide bonds. The first-order valence-corrected chi connectivity index (χ1v) is 8.30. The highest BCUT2D eigenvalue weighted by Gasteiger charge is 2.35. The number of nitriles is 1. The van der Waals surface area contributed by atoms with Crippen LogP contribution in [0.5, 0.6) is 5.75 Å². The summed E-state index contributed by atoms with van der Waals surface area (Å²) in [5.41, 5.74) is 1.12. The van der Waals surface area contributed by atoms with Crippen molar-refractivity contribution in [2.45, 2.75) is 13.0 Å².